The summed E-state index contributed by atoms with van der Waals surface area (Å²) in [5.41, 5.74) is 3.63. The predicted molar refractivity (Wildman–Crippen MR) is 82.8 cm³/mol. The highest BCUT2D eigenvalue weighted by atomic mass is 35.5. The van der Waals surface area contributed by atoms with Crippen LogP contribution in [0.5, 0.6) is 0 Å². The molecule has 0 radical (unpaired) electrons. The van der Waals surface area contributed by atoms with Crippen molar-refractivity contribution < 1.29 is 4.79 Å². The highest BCUT2D eigenvalue weighted by molar-refractivity contribution is 6.31. The number of nitrogens with one attached hydrogen (secondary N) is 2. The maximum Gasteiger partial charge on any atom is 0.253 e. The number of carbonyl (C=O) groups is 1. The maximum atomic E-state index is 12.4. The lowest BCUT2D eigenvalue weighted by Gasteiger charge is -2.29. The van der Waals surface area contributed by atoms with Gasteiger partial charge in [-0.25, -0.2) is 0 Å². The number of nitrogen functional groups attached to an aromatic ring is 1. The van der Waals surface area contributed by atoms with Crippen LogP contribution in [0.15, 0.2) is 18.2 Å². The Hall–Kier alpha value is -1.26. The number of benzene rings is 1. The Bertz CT molecular complexity index is 478. The van der Waals surface area contributed by atoms with Crippen LogP contribution in [0.3, 0.4) is 0 Å². The monoisotopic (exact) mass is 295 g/mol. The number of anilines is 1. The zero-order valence-corrected chi connectivity index (χ0v) is 12.5. The molecule has 1 aliphatic rings. The molecule has 2 rings (SSSR count). The molecule has 2 atom stereocenters. The predicted octanol–water partition coefficient (Wildman–Crippen LogP) is 3.32. The number of hydrogen-bond donors (Lipinski definition) is 3. The van der Waals surface area contributed by atoms with Gasteiger partial charge in [0, 0.05) is 11.1 Å². The number of halogens is 1. The second-order valence-electron chi connectivity index (χ2n) is 5.45. The third-order valence-electron chi connectivity index (χ3n) is 4.08. The Kier molecular flexibility index (Phi) is 5.26. The molecule has 0 heterocycles. The Labute approximate surface area is 125 Å². The summed E-state index contributed by atoms with van der Waals surface area (Å²) in [6, 6.07) is 5.33. The first-order chi connectivity index (χ1) is 9.63. The molecule has 4 N–H and O–H groups in total. The minimum Gasteiger partial charge on any atom is -0.349 e. The Morgan fingerprint density at radius 2 is 2.25 bits per heavy atom. The molecule has 1 aromatic rings. The number of hydrazine groups is 1. The summed E-state index contributed by atoms with van der Waals surface area (Å²) in [7, 11) is 0. The molecule has 2 unspecified atom stereocenters. The van der Waals surface area contributed by atoms with Gasteiger partial charge in [-0.15, -0.1) is 0 Å². The highest BCUT2D eigenvalue weighted by Gasteiger charge is 2.23. The van der Waals surface area contributed by atoms with Crippen LogP contribution in [-0.2, 0) is 0 Å². The minimum atomic E-state index is -0.109. The third kappa shape index (κ3) is 3.64. The van der Waals surface area contributed by atoms with Gasteiger partial charge in [0.25, 0.3) is 5.91 Å². The van der Waals surface area contributed by atoms with E-state index in [0.29, 0.717) is 16.3 Å². The average Bonchev–Trinajstić information content (AvgIpc) is 2.47. The first-order valence-electron chi connectivity index (χ1n) is 7.21. The van der Waals surface area contributed by atoms with Crippen molar-refractivity contribution in [3.05, 3.63) is 28.8 Å². The van der Waals surface area contributed by atoms with Crippen LogP contribution in [0.2, 0.25) is 5.02 Å². The van der Waals surface area contributed by atoms with Crippen LogP contribution in [0, 0.1) is 5.92 Å². The number of nitrogens with two attached hydrogens (primary N) is 1. The Morgan fingerprint density at radius 1 is 1.45 bits per heavy atom. The molecule has 1 aliphatic carbocycles. The van der Waals surface area contributed by atoms with E-state index in [9.17, 15) is 4.79 Å². The SMILES string of the molecule is CCC1CCCC(NC(=O)c2cc(Cl)ccc2NN)C1. The van der Waals surface area contributed by atoms with E-state index in [1.165, 1.54) is 19.3 Å². The lowest BCUT2D eigenvalue weighted by atomic mass is 9.84. The van der Waals surface area contributed by atoms with E-state index in [-0.39, 0.29) is 11.9 Å². The van der Waals surface area contributed by atoms with E-state index in [2.05, 4.69) is 17.7 Å². The average molecular weight is 296 g/mol. The molecule has 0 saturated heterocycles. The second kappa shape index (κ2) is 6.95. The van der Waals surface area contributed by atoms with E-state index in [0.717, 1.165) is 18.8 Å². The second-order valence-corrected chi connectivity index (χ2v) is 5.88. The fraction of sp³-hybridized carbons (Fsp3) is 0.533. The fourth-order valence-corrected chi connectivity index (χ4v) is 3.06. The molecule has 1 fully saturated rings. The normalized spacial score (nSPS) is 22.4. The molecular weight excluding hydrogens is 274 g/mol. The zero-order valence-electron chi connectivity index (χ0n) is 11.8. The Morgan fingerprint density at radius 3 is 2.95 bits per heavy atom. The summed E-state index contributed by atoms with van der Waals surface area (Å²) in [5, 5.41) is 3.64. The maximum absolute atomic E-state index is 12.4. The molecule has 0 bridgehead atoms. The van der Waals surface area contributed by atoms with Crippen LogP contribution in [-0.4, -0.2) is 11.9 Å². The molecule has 0 spiro atoms. The molecular formula is C15H22ClN3O. The van der Waals surface area contributed by atoms with E-state index in [1.807, 2.05) is 0 Å². The van der Waals surface area contributed by atoms with E-state index in [1.54, 1.807) is 18.2 Å². The van der Waals surface area contributed by atoms with Gasteiger partial charge < -0.3 is 10.7 Å². The minimum absolute atomic E-state index is 0.109. The summed E-state index contributed by atoms with van der Waals surface area (Å²) in [6.07, 6.45) is 5.75. The summed E-state index contributed by atoms with van der Waals surface area (Å²) in [4.78, 5) is 12.4. The molecule has 110 valence electrons. The summed E-state index contributed by atoms with van der Waals surface area (Å²) in [6.45, 7) is 2.21. The van der Waals surface area contributed by atoms with Crippen molar-refractivity contribution in [3.8, 4) is 0 Å². The van der Waals surface area contributed by atoms with Crippen molar-refractivity contribution in [2.75, 3.05) is 5.43 Å². The van der Waals surface area contributed by atoms with Gasteiger partial charge in [-0.3, -0.25) is 10.6 Å². The van der Waals surface area contributed by atoms with Crippen molar-refractivity contribution in [3.63, 3.8) is 0 Å². The van der Waals surface area contributed by atoms with Crippen molar-refractivity contribution in [1.29, 1.82) is 0 Å². The Balaban J connectivity index is 2.06. The van der Waals surface area contributed by atoms with Gasteiger partial charge in [0.2, 0.25) is 0 Å². The topological polar surface area (TPSA) is 67.2 Å². The lowest BCUT2D eigenvalue weighted by molar-refractivity contribution is 0.0920. The standard InChI is InChI=1S/C15H22ClN3O/c1-2-10-4-3-5-12(8-10)18-15(20)13-9-11(16)6-7-14(13)19-17/h6-7,9-10,12,19H,2-5,8,17H2,1H3,(H,18,20). The largest absolute Gasteiger partial charge is 0.349 e. The van der Waals surface area contributed by atoms with Crippen LogP contribution in [0.4, 0.5) is 5.69 Å². The first-order valence-corrected chi connectivity index (χ1v) is 7.58. The quantitative estimate of drug-likeness (QED) is 0.589. The van der Waals surface area contributed by atoms with E-state index < -0.39 is 0 Å². The highest BCUT2D eigenvalue weighted by Crippen LogP contribution is 2.27. The summed E-state index contributed by atoms with van der Waals surface area (Å²) >= 11 is 5.96. The van der Waals surface area contributed by atoms with Gasteiger partial charge in [0.15, 0.2) is 0 Å². The van der Waals surface area contributed by atoms with Crippen molar-refractivity contribution >= 4 is 23.2 Å². The zero-order chi connectivity index (χ0) is 14.5. The number of rotatable bonds is 4. The van der Waals surface area contributed by atoms with Crippen molar-refractivity contribution in [2.45, 2.75) is 45.1 Å². The number of carbonyl (C=O) groups excluding carboxylic acids is 1. The molecule has 5 heteroatoms. The molecule has 1 amide bonds. The molecule has 1 aromatic carbocycles. The number of amides is 1. The van der Waals surface area contributed by atoms with E-state index >= 15 is 0 Å². The van der Waals surface area contributed by atoms with Gasteiger partial charge in [0.05, 0.1) is 11.3 Å². The van der Waals surface area contributed by atoms with Gasteiger partial charge in [-0.1, -0.05) is 37.8 Å². The van der Waals surface area contributed by atoms with Crippen LogP contribution < -0.4 is 16.6 Å². The number of hydrogen-bond acceptors (Lipinski definition) is 3. The van der Waals surface area contributed by atoms with Crippen LogP contribution in [0.1, 0.15) is 49.4 Å². The molecule has 0 aromatic heterocycles. The fourth-order valence-electron chi connectivity index (χ4n) is 2.89. The van der Waals surface area contributed by atoms with Crippen LogP contribution >= 0.6 is 11.6 Å². The summed E-state index contributed by atoms with van der Waals surface area (Å²) < 4.78 is 0. The molecule has 1 saturated carbocycles. The van der Waals surface area contributed by atoms with E-state index in [4.69, 9.17) is 17.4 Å². The first kappa shape index (κ1) is 15.1. The van der Waals surface area contributed by atoms with Gasteiger partial charge in [-0.2, -0.15) is 0 Å². The van der Waals surface area contributed by atoms with Crippen molar-refractivity contribution in [2.24, 2.45) is 11.8 Å². The van der Waals surface area contributed by atoms with Gasteiger partial charge >= 0.3 is 0 Å². The molecule has 4 nitrogen and oxygen atoms in total. The van der Waals surface area contributed by atoms with Gasteiger partial charge in [-0.05, 0) is 37.0 Å². The summed E-state index contributed by atoms with van der Waals surface area (Å²) in [5.74, 6) is 6.06. The molecule has 0 aliphatic heterocycles. The van der Waals surface area contributed by atoms with Gasteiger partial charge in [0.1, 0.15) is 0 Å². The van der Waals surface area contributed by atoms with Crippen LogP contribution in [0.25, 0.3) is 0 Å². The smallest absolute Gasteiger partial charge is 0.253 e. The lowest BCUT2D eigenvalue weighted by Crippen LogP contribution is -2.38. The third-order valence-corrected chi connectivity index (χ3v) is 4.31. The van der Waals surface area contributed by atoms with Crippen molar-refractivity contribution in [1.82, 2.24) is 5.32 Å². The molecule has 20 heavy (non-hydrogen) atoms.